The summed E-state index contributed by atoms with van der Waals surface area (Å²) in [5.41, 5.74) is 2.17. The standard InChI is InChI=1S/C20H20ClN5O/c1-14-8-5-7-13-25(14)20(27)18-19(16-10-4-6-12-22-16)26(24-23-18)17-11-3-2-9-15(17)21/h2-4,6,9-12,14H,5,7-8,13H2,1H3/t14-/m1/s1. The third-order valence-electron chi connectivity index (χ3n) is 4.92. The number of nitrogens with zero attached hydrogens (tertiary/aromatic N) is 5. The van der Waals surface area contributed by atoms with Crippen molar-refractivity contribution in [2.75, 3.05) is 6.54 Å². The van der Waals surface area contributed by atoms with E-state index < -0.39 is 0 Å². The van der Waals surface area contributed by atoms with Crippen LogP contribution < -0.4 is 0 Å². The van der Waals surface area contributed by atoms with Crippen LogP contribution in [-0.4, -0.2) is 43.4 Å². The SMILES string of the molecule is C[C@@H]1CCCCN1C(=O)c1nnn(-c2ccccc2Cl)c1-c1ccccn1. The maximum atomic E-state index is 13.3. The lowest BCUT2D eigenvalue weighted by molar-refractivity contribution is 0.0630. The van der Waals surface area contributed by atoms with Gasteiger partial charge in [-0.05, 0) is 50.5 Å². The van der Waals surface area contributed by atoms with Crippen LogP contribution in [0.2, 0.25) is 5.02 Å². The van der Waals surface area contributed by atoms with E-state index in [4.69, 9.17) is 11.6 Å². The molecule has 1 saturated heterocycles. The Morgan fingerprint density at radius 3 is 2.70 bits per heavy atom. The number of carbonyl (C=O) groups excluding carboxylic acids is 1. The molecule has 2 aromatic heterocycles. The fourth-order valence-corrected chi connectivity index (χ4v) is 3.70. The average Bonchev–Trinajstić information content (AvgIpc) is 3.14. The minimum atomic E-state index is -0.110. The smallest absolute Gasteiger partial charge is 0.277 e. The van der Waals surface area contributed by atoms with E-state index in [1.165, 1.54) is 0 Å². The number of likely N-dealkylation sites (tertiary alicyclic amines) is 1. The summed E-state index contributed by atoms with van der Waals surface area (Å²) >= 11 is 6.37. The first-order chi connectivity index (χ1) is 13.2. The van der Waals surface area contributed by atoms with E-state index in [0.29, 0.717) is 27.8 Å². The largest absolute Gasteiger partial charge is 0.334 e. The van der Waals surface area contributed by atoms with Crippen LogP contribution in [0.15, 0.2) is 48.7 Å². The van der Waals surface area contributed by atoms with Gasteiger partial charge in [0, 0.05) is 18.8 Å². The summed E-state index contributed by atoms with van der Waals surface area (Å²) in [6.07, 6.45) is 4.85. The van der Waals surface area contributed by atoms with Gasteiger partial charge in [-0.1, -0.05) is 35.0 Å². The van der Waals surface area contributed by atoms with E-state index in [1.54, 1.807) is 16.9 Å². The molecule has 0 unspecified atom stereocenters. The normalized spacial score (nSPS) is 17.1. The summed E-state index contributed by atoms with van der Waals surface area (Å²) in [7, 11) is 0. The Hall–Kier alpha value is -2.73. The first-order valence-corrected chi connectivity index (χ1v) is 9.47. The van der Waals surface area contributed by atoms with Gasteiger partial charge in [-0.3, -0.25) is 9.78 Å². The Morgan fingerprint density at radius 1 is 1.15 bits per heavy atom. The molecule has 0 spiro atoms. The van der Waals surface area contributed by atoms with Gasteiger partial charge in [-0.2, -0.15) is 0 Å². The summed E-state index contributed by atoms with van der Waals surface area (Å²) in [6, 6.07) is 13.1. The number of carbonyl (C=O) groups is 1. The number of hydrogen-bond donors (Lipinski definition) is 0. The second kappa shape index (κ2) is 7.48. The number of aromatic nitrogens is 4. The summed E-state index contributed by atoms with van der Waals surface area (Å²) in [4.78, 5) is 19.6. The number of amides is 1. The van der Waals surface area contributed by atoms with E-state index >= 15 is 0 Å². The molecule has 0 N–H and O–H groups in total. The second-order valence-electron chi connectivity index (χ2n) is 6.71. The summed E-state index contributed by atoms with van der Waals surface area (Å²) in [5.74, 6) is -0.110. The van der Waals surface area contributed by atoms with Crippen LogP contribution in [0.4, 0.5) is 0 Å². The van der Waals surface area contributed by atoms with Gasteiger partial charge >= 0.3 is 0 Å². The summed E-state index contributed by atoms with van der Waals surface area (Å²) in [6.45, 7) is 2.82. The molecular formula is C20H20ClN5O. The van der Waals surface area contributed by atoms with Crippen LogP contribution >= 0.6 is 11.6 Å². The predicted molar refractivity (Wildman–Crippen MR) is 104 cm³/mol. The zero-order valence-corrected chi connectivity index (χ0v) is 15.8. The maximum absolute atomic E-state index is 13.3. The molecular weight excluding hydrogens is 362 g/mol. The average molecular weight is 382 g/mol. The molecule has 4 rings (SSSR count). The molecule has 138 valence electrons. The number of piperidine rings is 1. The molecule has 1 aliphatic rings. The molecule has 1 amide bonds. The van der Waals surface area contributed by atoms with Crippen molar-refractivity contribution in [1.29, 1.82) is 0 Å². The molecule has 0 saturated carbocycles. The lowest BCUT2D eigenvalue weighted by Gasteiger charge is -2.33. The lowest BCUT2D eigenvalue weighted by Crippen LogP contribution is -2.42. The van der Waals surface area contributed by atoms with Gasteiger partial charge in [0.2, 0.25) is 0 Å². The number of pyridine rings is 1. The Bertz CT molecular complexity index is 956. The molecule has 27 heavy (non-hydrogen) atoms. The van der Waals surface area contributed by atoms with Crippen LogP contribution in [-0.2, 0) is 0 Å². The molecule has 0 bridgehead atoms. The molecule has 0 aliphatic carbocycles. The van der Waals surface area contributed by atoms with Gasteiger partial charge in [0.1, 0.15) is 5.69 Å². The highest BCUT2D eigenvalue weighted by Gasteiger charge is 2.31. The van der Waals surface area contributed by atoms with Gasteiger partial charge in [-0.15, -0.1) is 5.10 Å². The van der Waals surface area contributed by atoms with Crippen LogP contribution in [0, 0.1) is 0 Å². The topological polar surface area (TPSA) is 63.9 Å². The Morgan fingerprint density at radius 2 is 1.96 bits per heavy atom. The van der Waals surface area contributed by atoms with E-state index in [9.17, 15) is 4.79 Å². The van der Waals surface area contributed by atoms with Gasteiger partial charge in [-0.25, -0.2) is 4.68 Å². The molecule has 3 aromatic rings. The highest BCUT2D eigenvalue weighted by atomic mass is 35.5. The summed E-state index contributed by atoms with van der Waals surface area (Å²) in [5, 5.41) is 9.03. The van der Waals surface area contributed by atoms with E-state index in [-0.39, 0.29) is 11.9 Å². The highest BCUT2D eigenvalue weighted by Crippen LogP contribution is 2.29. The van der Waals surface area contributed by atoms with Crippen LogP contribution in [0.5, 0.6) is 0 Å². The quantitative estimate of drug-likeness (QED) is 0.688. The van der Waals surface area contributed by atoms with Gasteiger partial charge < -0.3 is 4.90 Å². The van der Waals surface area contributed by atoms with Crippen molar-refractivity contribution in [3.8, 4) is 17.1 Å². The van der Waals surface area contributed by atoms with Gasteiger partial charge in [0.25, 0.3) is 5.91 Å². The van der Waals surface area contributed by atoms with E-state index in [0.717, 1.165) is 25.8 Å². The van der Waals surface area contributed by atoms with E-state index in [1.807, 2.05) is 41.3 Å². The zero-order chi connectivity index (χ0) is 18.8. The first kappa shape index (κ1) is 17.7. The molecule has 0 radical (unpaired) electrons. The van der Waals surface area contributed by atoms with Crippen molar-refractivity contribution in [2.45, 2.75) is 32.2 Å². The minimum absolute atomic E-state index is 0.110. The number of rotatable bonds is 3. The lowest BCUT2D eigenvalue weighted by atomic mass is 10.0. The summed E-state index contributed by atoms with van der Waals surface area (Å²) < 4.78 is 1.60. The third kappa shape index (κ3) is 3.32. The first-order valence-electron chi connectivity index (χ1n) is 9.10. The second-order valence-corrected chi connectivity index (χ2v) is 7.12. The van der Waals surface area contributed by atoms with Gasteiger partial charge in [0.15, 0.2) is 5.69 Å². The minimum Gasteiger partial charge on any atom is -0.334 e. The van der Waals surface area contributed by atoms with Crippen LogP contribution in [0.25, 0.3) is 17.1 Å². The molecule has 1 fully saturated rings. The number of hydrogen-bond acceptors (Lipinski definition) is 4. The number of halogens is 1. The van der Waals surface area contributed by atoms with Crippen molar-refractivity contribution < 1.29 is 4.79 Å². The van der Waals surface area contributed by atoms with Crippen molar-refractivity contribution in [3.63, 3.8) is 0 Å². The maximum Gasteiger partial charge on any atom is 0.277 e. The molecule has 1 aromatic carbocycles. The van der Waals surface area contributed by atoms with Crippen molar-refractivity contribution in [1.82, 2.24) is 24.9 Å². The Labute approximate surface area is 162 Å². The number of benzene rings is 1. The molecule has 7 heteroatoms. The van der Waals surface area contributed by atoms with Crippen molar-refractivity contribution >= 4 is 17.5 Å². The molecule has 1 aliphatic heterocycles. The Kier molecular flexibility index (Phi) is 4.90. The predicted octanol–water partition coefficient (Wildman–Crippen LogP) is 4.00. The van der Waals surface area contributed by atoms with E-state index in [2.05, 4.69) is 22.2 Å². The van der Waals surface area contributed by atoms with Gasteiger partial charge in [0.05, 0.1) is 16.4 Å². The fraction of sp³-hybridized carbons (Fsp3) is 0.300. The van der Waals surface area contributed by atoms with Crippen molar-refractivity contribution in [2.24, 2.45) is 0 Å². The third-order valence-corrected chi connectivity index (χ3v) is 5.24. The Balaban J connectivity index is 1.86. The van der Waals surface area contributed by atoms with Crippen molar-refractivity contribution in [3.05, 3.63) is 59.4 Å². The molecule has 1 atom stereocenters. The number of para-hydroxylation sites is 1. The van der Waals surface area contributed by atoms with Crippen LogP contribution in [0.3, 0.4) is 0 Å². The highest BCUT2D eigenvalue weighted by molar-refractivity contribution is 6.32. The zero-order valence-electron chi connectivity index (χ0n) is 15.0. The van der Waals surface area contributed by atoms with Crippen LogP contribution in [0.1, 0.15) is 36.7 Å². The fourth-order valence-electron chi connectivity index (χ4n) is 3.49. The molecule has 6 nitrogen and oxygen atoms in total. The molecule has 3 heterocycles. The monoisotopic (exact) mass is 381 g/mol.